The van der Waals surface area contributed by atoms with Gasteiger partial charge in [-0.15, -0.1) is 0 Å². The molecule has 0 aliphatic heterocycles. The van der Waals surface area contributed by atoms with Crippen LogP contribution in [0, 0.1) is 19.7 Å². The molecule has 0 saturated heterocycles. The molecule has 0 bridgehead atoms. The van der Waals surface area contributed by atoms with Crippen LogP contribution in [0.2, 0.25) is 0 Å². The van der Waals surface area contributed by atoms with Crippen molar-refractivity contribution >= 4 is 15.9 Å². The van der Waals surface area contributed by atoms with E-state index in [0.717, 1.165) is 21.2 Å². The van der Waals surface area contributed by atoms with Crippen molar-refractivity contribution in [3.05, 3.63) is 68.9 Å². The van der Waals surface area contributed by atoms with E-state index >= 15 is 0 Å². The Labute approximate surface area is 122 Å². The minimum atomic E-state index is -0.205. The number of aryl methyl sites for hydroxylation is 2. The summed E-state index contributed by atoms with van der Waals surface area (Å²) in [6, 6.07) is 11.1. The van der Waals surface area contributed by atoms with Crippen molar-refractivity contribution in [3.8, 4) is 0 Å². The number of rotatable bonds is 3. The smallest absolute Gasteiger partial charge is 0.123 e. The molecule has 0 spiro atoms. The molecule has 2 aromatic rings. The largest absolute Gasteiger partial charge is 0.309 e. The second kappa shape index (κ2) is 5.85. The van der Waals surface area contributed by atoms with Gasteiger partial charge >= 0.3 is 0 Å². The molecule has 0 heterocycles. The summed E-state index contributed by atoms with van der Waals surface area (Å²) in [4.78, 5) is 0. The zero-order valence-electron chi connectivity index (χ0n) is 11.3. The highest BCUT2D eigenvalue weighted by Crippen LogP contribution is 2.31. The maximum Gasteiger partial charge on any atom is 0.123 e. The predicted molar refractivity (Wildman–Crippen MR) is 80.9 cm³/mol. The molecular weight excluding hydrogens is 305 g/mol. The molecule has 19 heavy (non-hydrogen) atoms. The van der Waals surface area contributed by atoms with Gasteiger partial charge < -0.3 is 5.32 Å². The third-order valence-electron chi connectivity index (χ3n) is 3.31. The van der Waals surface area contributed by atoms with Gasteiger partial charge in [0.05, 0.1) is 6.04 Å². The molecule has 1 nitrogen and oxygen atoms in total. The van der Waals surface area contributed by atoms with Gasteiger partial charge in [0.25, 0.3) is 0 Å². The summed E-state index contributed by atoms with van der Waals surface area (Å²) >= 11 is 3.60. The van der Waals surface area contributed by atoms with E-state index in [1.807, 2.05) is 20.0 Å². The van der Waals surface area contributed by atoms with Crippen LogP contribution in [0.1, 0.15) is 28.3 Å². The number of halogens is 2. The zero-order valence-corrected chi connectivity index (χ0v) is 12.9. The predicted octanol–water partition coefficient (Wildman–Crippen LogP) is 4.51. The lowest BCUT2D eigenvalue weighted by atomic mass is 9.94. The van der Waals surface area contributed by atoms with Crippen molar-refractivity contribution in [2.75, 3.05) is 7.05 Å². The summed E-state index contributed by atoms with van der Waals surface area (Å²) in [7, 11) is 1.89. The van der Waals surface area contributed by atoms with Crippen molar-refractivity contribution in [1.82, 2.24) is 5.32 Å². The Morgan fingerprint density at radius 1 is 1.05 bits per heavy atom. The van der Waals surface area contributed by atoms with E-state index in [2.05, 4.69) is 46.4 Å². The van der Waals surface area contributed by atoms with Crippen molar-refractivity contribution < 1.29 is 4.39 Å². The van der Waals surface area contributed by atoms with Crippen LogP contribution < -0.4 is 5.32 Å². The van der Waals surface area contributed by atoms with Crippen LogP contribution in [0.5, 0.6) is 0 Å². The summed E-state index contributed by atoms with van der Waals surface area (Å²) in [5.41, 5.74) is 4.35. The molecule has 1 atom stereocenters. The van der Waals surface area contributed by atoms with E-state index in [1.54, 1.807) is 6.07 Å². The highest BCUT2D eigenvalue weighted by molar-refractivity contribution is 9.10. The second-order valence-corrected chi connectivity index (χ2v) is 5.60. The van der Waals surface area contributed by atoms with Crippen LogP contribution in [0.15, 0.2) is 40.9 Å². The molecule has 0 aliphatic rings. The lowest BCUT2D eigenvalue weighted by Gasteiger charge is -2.21. The normalized spacial score (nSPS) is 12.5. The average molecular weight is 322 g/mol. The first kappa shape index (κ1) is 14.2. The topological polar surface area (TPSA) is 12.0 Å². The molecule has 1 unspecified atom stereocenters. The first-order valence-corrected chi connectivity index (χ1v) is 7.01. The van der Waals surface area contributed by atoms with E-state index in [0.29, 0.717) is 0 Å². The number of hydrogen-bond acceptors (Lipinski definition) is 1. The summed E-state index contributed by atoms with van der Waals surface area (Å²) in [5.74, 6) is -0.205. The van der Waals surface area contributed by atoms with Crippen LogP contribution in [0.3, 0.4) is 0 Å². The van der Waals surface area contributed by atoms with E-state index in [4.69, 9.17) is 0 Å². The van der Waals surface area contributed by atoms with E-state index < -0.39 is 0 Å². The Balaban J connectivity index is 2.52. The third kappa shape index (κ3) is 3.04. The average Bonchev–Trinajstić information content (AvgIpc) is 2.36. The summed E-state index contributed by atoms with van der Waals surface area (Å²) in [6.07, 6.45) is 0. The minimum absolute atomic E-state index is 0.0225. The van der Waals surface area contributed by atoms with Crippen molar-refractivity contribution in [2.24, 2.45) is 0 Å². The number of benzene rings is 2. The van der Waals surface area contributed by atoms with Crippen molar-refractivity contribution in [1.29, 1.82) is 0 Å². The van der Waals surface area contributed by atoms with E-state index in [-0.39, 0.29) is 11.9 Å². The van der Waals surface area contributed by atoms with Gasteiger partial charge in [-0.2, -0.15) is 0 Å². The SMILES string of the molecule is CNC(c1cc(F)ccc1C)c1ccc(C)cc1Br. The quantitative estimate of drug-likeness (QED) is 0.876. The first-order valence-electron chi connectivity index (χ1n) is 6.22. The maximum absolute atomic E-state index is 13.5. The molecule has 1 N–H and O–H groups in total. The number of nitrogens with one attached hydrogen (secondary N) is 1. The molecular formula is C16H17BrFN. The standard InChI is InChI=1S/C16H17BrFN/c1-10-4-7-13(15(17)8-10)16(19-3)14-9-12(18)6-5-11(14)2/h4-9,16,19H,1-3H3. The Hall–Kier alpha value is -1.19. The summed E-state index contributed by atoms with van der Waals surface area (Å²) < 4.78 is 14.5. The molecule has 2 aromatic carbocycles. The van der Waals surface area contributed by atoms with Crippen molar-refractivity contribution in [2.45, 2.75) is 19.9 Å². The van der Waals surface area contributed by atoms with Crippen LogP contribution in [-0.2, 0) is 0 Å². The maximum atomic E-state index is 13.5. The fraction of sp³-hybridized carbons (Fsp3) is 0.250. The van der Waals surface area contributed by atoms with Gasteiger partial charge in [-0.3, -0.25) is 0 Å². The van der Waals surface area contributed by atoms with Gasteiger partial charge in [-0.25, -0.2) is 4.39 Å². The fourth-order valence-electron chi connectivity index (χ4n) is 2.27. The molecule has 3 heteroatoms. The van der Waals surface area contributed by atoms with Gasteiger partial charge in [0.15, 0.2) is 0 Å². The zero-order chi connectivity index (χ0) is 14.0. The molecule has 0 aromatic heterocycles. The Kier molecular flexibility index (Phi) is 4.38. The fourth-order valence-corrected chi connectivity index (χ4v) is 2.99. The second-order valence-electron chi connectivity index (χ2n) is 4.75. The van der Waals surface area contributed by atoms with Gasteiger partial charge in [0.1, 0.15) is 5.82 Å². The Morgan fingerprint density at radius 2 is 1.79 bits per heavy atom. The Bertz CT molecular complexity index is 595. The lowest BCUT2D eigenvalue weighted by molar-refractivity contribution is 0.614. The molecule has 0 amide bonds. The Morgan fingerprint density at radius 3 is 2.42 bits per heavy atom. The van der Waals surface area contributed by atoms with Crippen LogP contribution in [0.4, 0.5) is 4.39 Å². The van der Waals surface area contributed by atoms with Gasteiger partial charge in [-0.05, 0) is 61.3 Å². The van der Waals surface area contributed by atoms with E-state index in [9.17, 15) is 4.39 Å². The van der Waals surface area contributed by atoms with Crippen molar-refractivity contribution in [3.63, 3.8) is 0 Å². The third-order valence-corrected chi connectivity index (χ3v) is 3.99. The molecule has 100 valence electrons. The molecule has 2 rings (SSSR count). The molecule has 0 aliphatic carbocycles. The van der Waals surface area contributed by atoms with E-state index in [1.165, 1.54) is 11.6 Å². The minimum Gasteiger partial charge on any atom is -0.309 e. The van der Waals surface area contributed by atoms with Crippen LogP contribution >= 0.6 is 15.9 Å². The molecule has 0 fully saturated rings. The lowest BCUT2D eigenvalue weighted by Crippen LogP contribution is -2.19. The van der Waals surface area contributed by atoms with Crippen LogP contribution in [-0.4, -0.2) is 7.05 Å². The molecule has 0 radical (unpaired) electrons. The van der Waals surface area contributed by atoms with Gasteiger partial charge in [0.2, 0.25) is 0 Å². The van der Waals surface area contributed by atoms with Crippen LogP contribution in [0.25, 0.3) is 0 Å². The highest BCUT2D eigenvalue weighted by Gasteiger charge is 2.17. The number of hydrogen-bond donors (Lipinski definition) is 1. The highest BCUT2D eigenvalue weighted by atomic mass is 79.9. The first-order chi connectivity index (χ1) is 9.02. The van der Waals surface area contributed by atoms with Gasteiger partial charge in [-0.1, -0.05) is 34.1 Å². The summed E-state index contributed by atoms with van der Waals surface area (Å²) in [6.45, 7) is 4.05. The monoisotopic (exact) mass is 321 g/mol. The summed E-state index contributed by atoms with van der Waals surface area (Å²) in [5, 5.41) is 3.27. The molecule has 0 saturated carbocycles. The van der Waals surface area contributed by atoms with Gasteiger partial charge in [0, 0.05) is 4.47 Å².